The van der Waals surface area contributed by atoms with Gasteiger partial charge < -0.3 is 9.64 Å². The molecule has 18 heavy (non-hydrogen) atoms. The van der Waals surface area contributed by atoms with E-state index in [0.29, 0.717) is 25.7 Å². The van der Waals surface area contributed by atoms with E-state index in [0.717, 1.165) is 25.9 Å². The summed E-state index contributed by atoms with van der Waals surface area (Å²) in [6.45, 7) is 3.72. The summed E-state index contributed by atoms with van der Waals surface area (Å²) in [5.74, 6) is -0.205. The van der Waals surface area contributed by atoms with Gasteiger partial charge in [-0.2, -0.15) is 8.42 Å². The van der Waals surface area contributed by atoms with Crippen LogP contribution in [0.25, 0.3) is 0 Å². The van der Waals surface area contributed by atoms with E-state index < -0.39 is 10.1 Å². The number of nitrogens with zero attached hydrogens (tertiary/aromatic N) is 2. The molecule has 1 rings (SSSR count). The monoisotopic (exact) mass is 280 g/mol. The van der Waals surface area contributed by atoms with Gasteiger partial charge in [-0.1, -0.05) is 0 Å². The van der Waals surface area contributed by atoms with Crippen LogP contribution in [-0.2, 0) is 14.9 Å². The standard InChI is InChI=1S/C11H24N2O4S/c1-12-5-3-11(4-6-12)13(7-9-17-2)8-10-18(14,15)16/h11H,3-10H2,1-2H3,(H,14,15,16). The van der Waals surface area contributed by atoms with E-state index in [4.69, 9.17) is 9.29 Å². The number of methoxy groups -OCH3 is 1. The molecule has 1 aliphatic rings. The summed E-state index contributed by atoms with van der Waals surface area (Å²) < 4.78 is 35.6. The Morgan fingerprint density at radius 2 is 1.94 bits per heavy atom. The zero-order valence-electron chi connectivity index (χ0n) is 11.2. The highest BCUT2D eigenvalue weighted by atomic mass is 32.2. The van der Waals surface area contributed by atoms with Gasteiger partial charge >= 0.3 is 0 Å². The average molecular weight is 280 g/mol. The SMILES string of the molecule is COCCN(CCS(=O)(=O)O)C1CCN(C)CC1. The van der Waals surface area contributed by atoms with Crippen molar-refractivity contribution in [3.05, 3.63) is 0 Å². The molecule has 0 atom stereocenters. The van der Waals surface area contributed by atoms with Gasteiger partial charge in [-0.15, -0.1) is 0 Å². The average Bonchev–Trinajstić information content (AvgIpc) is 2.29. The quantitative estimate of drug-likeness (QED) is 0.658. The van der Waals surface area contributed by atoms with Crippen LogP contribution >= 0.6 is 0 Å². The fourth-order valence-electron chi connectivity index (χ4n) is 2.28. The van der Waals surface area contributed by atoms with Gasteiger partial charge in [0.2, 0.25) is 0 Å². The Labute approximate surface area is 110 Å². The Bertz CT molecular complexity index is 326. The first-order valence-corrected chi connectivity index (χ1v) is 7.90. The van der Waals surface area contributed by atoms with Crippen LogP contribution in [0.2, 0.25) is 0 Å². The van der Waals surface area contributed by atoms with E-state index in [1.165, 1.54) is 0 Å². The van der Waals surface area contributed by atoms with Crippen LogP contribution in [0.4, 0.5) is 0 Å². The first-order valence-electron chi connectivity index (χ1n) is 6.29. The van der Waals surface area contributed by atoms with Crippen molar-refractivity contribution >= 4 is 10.1 Å². The van der Waals surface area contributed by atoms with Crippen molar-refractivity contribution in [3.8, 4) is 0 Å². The molecule has 0 aromatic carbocycles. The maximum atomic E-state index is 10.8. The lowest BCUT2D eigenvalue weighted by atomic mass is 10.0. The van der Waals surface area contributed by atoms with E-state index in [1.807, 2.05) is 0 Å². The molecular weight excluding hydrogens is 256 g/mol. The molecule has 0 aromatic heterocycles. The van der Waals surface area contributed by atoms with Crippen LogP contribution in [0.3, 0.4) is 0 Å². The van der Waals surface area contributed by atoms with Crippen LogP contribution < -0.4 is 0 Å². The molecule has 1 N–H and O–H groups in total. The molecule has 0 radical (unpaired) electrons. The molecular formula is C11H24N2O4S. The van der Waals surface area contributed by atoms with E-state index in [2.05, 4.69) is 16.8 Å². The zero-order valence-corrected chi connectivity index (χ0v) is 12.0. The number of rotatable bonds is 7. The van der Waals surface area contributed by atoms with E-state index in [9.17, 15) is 8.42 Å². The minimum atomic E-state index is -3.89. The smallest absolute Gasteiger partial charge is 0.266 e. The third-order valence-electron chi connectivity index (χ3n) is 3.42. The highest BCUT2D eigenvalue weighted by Crippen LogP contribution is 2.15. The summed E-state index contributed by atoms with van der Waals surface area (Å²) in [7, 11) is -0.161. The molecule has 0 saturated carbocycles. The Hall–Kier alpha value is -0.210. The predicted octanol–water partition coefficient (Wildman–Crippen LogP) is -0.0832. The number of ether oxygens (including phenoxy) is 1. The topological polar surface area (TPSA) is 70.1 Å². The summed E-state index contributed by atoms with van der Waals surface area (Å²) in [5, 5.41) is 0. The minimum absolute atomic E-state index is 0.205. The van der Waals surface area contributed by atoms with E-state index >= 15 is 0 Å². The normalized spacial score (nSPS) is 19.6. The molecule has 0 aliphatic carbocycles. The molecule has 1 saturated heterocycles. The van der Waals surface area contributed by atoms with Crippen molar-refractivity contribution in [3.63, 3.8) is 0 Å². The maximum absolute atomic E-state index is 10.8. The number of hydrogen-bond donors (Lipinski definition) is 1. The summed E-state index contributed by atoms with van der Waals surface area (Å²) in [6, 6.07) is 0.387. The van der Waals surface area contributed by atoms with Crippen molar-refractivity contribution in [2.75, 3.05) is 52.7 Å². The molecule has 0 aromatic rings. The second-order valence-electron chi connectivity index (χ2n) is 4.85. The van der Waals surface area contributed by atoms with Crippen LogP contribution in [0.1, 0.15) is 12.8 Å². The molecule has 0 bridgehead atoms. The first-order chi connectivity index (χ1) is 8.42. The molecule has 1 fully saturated rings. The Morgan fingerprint density at radius 1 is 1.33 bits per heavy atom. The molecule has 0 amide bonds. The fourth-order valence-corrected chi connectivity index (χ4v) is 2.74. The molecule has 0 spiro atoms. The summed E-state index contributed by atoms with van der Waals surface area (Å²) >= 11 is 0. The second kappa shape index (κ2) is 7.40. The van der Waals surface area contributed by atoms with Crippen molar-refractivity contribution in [1.29, 1.82) is 0 Å². The Morgan fingerprint density at radius 3 is 2.44 bits per heavy atom. The third-order valence-corrected chi connectivity index (χ3v) is 4.12. The van der Waals surface area contributed by atoms with Gasteiger partial charge in [0.05, 0.1) is 12.4 Å². The van der Waals surface area contributed by atoms with E-state index in [1.54, 1.807) is 7.11 Å². The van der Waals surface area contributed by atoms with Crippen LogP contribution in [0.5, 0.6) is 0 Å². The van der Waals surface area contributed by atoms with Gasteiger partial charge in [-0.3, -0.25) is 9.45 Å². The van der Waals surface area contributed by atoms with Gasteiger partial charge in [-0.05, 0) is 33.0 Å². The highest BCUT2D eigenvalue weighted by molar-refractivity contribution is 7.85. The molecule has 1 aliphatic heterocycles. The van der Waals surface area contributed by atoms with Gasteiger partial charge in [0.1, 0.15) is 0 Å². The molecule has 108 valence electrons. The van der Waals surface area contributed by atoms with Crippen molar-refractivity contribution < 1.29 is 17.7 Å². The lowest BCUT2D eigenvalue weighted by Gasteiger charge is -2.37. The fraction of sp³-hybridized carbons (Fsp3) is 1.00. The number of piperidine rings is 1. The van der Waals surface area contributed by atoms with Gasteiger partial charge in [0.25, 0.3) is 10.1 Å². The highest BCUT2D eigenvalue weighted by Gasteiger charge is 2.23. The van der Waals surface area contributed by atoms with Crippen LogP contribution in [0.15, 0.2) is 0 Å². The van der Waals surface area contributed by atoms with Gasteiger partial charge in [0, 0.05) is 26.2 Å². The molecule has 0 unspecified atom stereocenters. The maximum Gasteiger partial charge on any atom is 0.266 e. The molecule has 6 nitrogen and oxygen atoms in total. The van der Waals surface area contributed by atoms with Gasteiger partial charge in [-0.25, -0.2) is 0 Å². The largest absolute Gasteiger partial charge is 0.383 e. The van der Waals surface area contributed by atoms with E-state index in [-0.39, 0.29) is 5.75 Å². The van der Waals surface area contributed by atoms with Crippen LogP contribution in [-0.4, -0.2) is 81.5 Å². The first kappa shape index (κ1) is 15.8. The second-order valence-corrected chi connectivity index (χ2v) is 6.42. The zero-order chi connectivity index (χ0) is 13.6. The number of hydrogen-bond acceptors (Lipinski definition) is 5. The third kappa shape index (κ3) is 6.10. The number of likely N-dealkylation sites (tertiary alicyclic amines) is 1. The molecule has 7 heteroatoms. The summed E-state index contributed by atoms with van der Waals surface area (Å²) in [6.07, 6.45) is 2.07. The Kier molecular flexibility index (Phi) is 6.51. The summed E-state index contributed by atoms with van der Waals surface area (Å²) in [5.41, 5.74) is 0. The lowest BCUT2D eigenvalue weighted by Crippen LogP contribution is -2.46. The Balaban J connectivity index is 2.48. The van der Waals surface area contributed by atoms with Crippen molar-refractivity contribution in [1.82, 2.24) is 9.80 Å². The predicted molar refractivity (Wildman–Crippen MR) is 70.4 cm³/mol. The van der Waals surface area contributed by atoms with Crippen molar-refractivity contribution in [2.24, 2.45) is 0 Å². The lowest BCUT2D eigenvalue weighted by molar-refractivity contribution is 0.0899. The van der Waals surface area contributed by atoms with Gasteiger partial charge in [0.15, 0.2) is 0 Å². The molecule has 1 heterocycles. The minimum Gasteiger partial charge on any atom is -0.383 e. The van der Waals surface area contributed by atoms with Crippen molar-refractivity contribution in [2.45, 2.75) is 18.9 Å². The summed E-state index contributed by atoms with van der Waals surface area (Å²) in [4.78, 5) is 4.39. The van der Waals surface area contributed by atoms with Crippen LogP contribution in [0, 0.1) is 0 Å².